The summed E-state index contributed by atoms with van der Waals surface area (Å²) < 4.78 is 42.4. The van der Waals surface area contributed by atoms with Crippen molar-refractivity contribution < 1.29 is 13.2 Å². The van der Waals surface area contributed by atoms with Crippen molar-refractivity contribution in [1.29, 1.82) is 0 Å². The standard InChI is InChI=1S/C22H14F3N5O/c23-22(24,25)12-4-3-5-13(10-12)30-19-16(11-26-30)21(31)29-9-8-15-14-6-1-2-7-17(14)27-18(15)20(29)28-19/h1-7,10-11,27H,8-9H2. The Bertz CT molecular complexity index is 1560. The third kappa shape index (κ3) is 2.56. The Morgan fingerprint density at radius 2 is 1.87 bits per heavy atom. The maximum Gasteiger partial charge on any atom is 0.416 e. The molecule has 0 saturated carbocycles. The van der Waals surface area contributed by atoms with Gasteiger partial charge in [0.1, 0.15) is 5.39 Å². The van der Waals surface area contributed by atoms with Crippen LogP contribution < -0.4 is 5.56 Å². The molecule has 2 aromatic carbocycles. The van der Waals surface area contributed by atoms with Crippen LogP contribution in [0.15, 0.2) is 59.5 Å². The van der Waals surface area contributed by atoms with Gasteiger partial charge >= 0.3 is 6.18 Å². The van der Waals surface area contributed by atoms with E-state index in [1.807, 2.05) is 24.3 Å². The fraction of sp³-hybridized carbons (Fsp3) is 0.136. The normalized spacial score (nSPS) is 13.5. The molecule has 1 aliphatic rings. The van der Waals surface area contributed by atoms with Crippen LogP contribution in [-0.4, -0.2) is 24.3 Å². The number of aromatic amines is 1. The number of fused-ring (bicyclic) bond motifs is 6. The van der Waals surface area contributed by atoms with Crippen molar-refractivity contribution in [2.75, 3.05) is 0 Å². The summed E-state index contributed by atoms with van der Waals surface area (Å²) in [5, 5.41) is 5.52. The third-order valence-electron chi connectivity index (χ3n) is 5.73. The van der Waals surface area contributed by atoms with Crippen molar-refractivity contribution in [2.24, 2.45) is 0 Å². The lowest BCUT2D eigenvalue weighted by atomic mass is 10.0. The van der Waals surface area contributed by atoms with Gasteiger partial charge in [-0.05, 0) is 36.2 Å². The number of hydrogen-bond donors (Lipinski definition) is 1. The second-order valence-electron chi connectivity index (χ2n) is 7.51. The molecular formula is C22H14F3N5O. The van der Waals surface area contributed by atoms with Gasteiger partial charge in [-0.15, -0.1) is 0 Å². The fourth-order valence-corrected chi connectivity index (χ4v) is 4.28. The van der Waals surface area contributed by atoms with Crippen molar-refractivity contribution in [3.05, 3.63) is 76.2 Å². The van der Waals surface area contributed by atoms with Crippen molar-refractivity contribution in [3.63, 3.8) is 0 Å². The van der Waals surface area contributed by atoms with Crippen LogP contribution in [-0.2, 0) is 19.1 Å². The maximum absolute atomic E-state index is 13.2. The number of benzene rings is 2. The number of H-pyrrole nitrogens is 1. The van der Waals surface area contributed by atoms with Gasteiger partial charge in [0.05, 0.1) is 23.1 Å². The van der Waals surface area contributed by atoms with Crippen molar-refractivity contribution in [1.82, 2.24) is 24.3 Å². The molecule has 3 aromatic heterocycles. The average molecular weight is 421 g/mol. The van der Waals surface area contributed by atoms with Crippen LogP contribution in [0.5, 0.6) is 0 Å². The van der Waals surface area contributed by atoms with Crippen molar-refractivity contribution in [2.45, 2.75) is 19.1 Å². The Morgan fingerprint density at radius 3 is 2.71 bits per heavy atom. The highest BCUT2D eigenvalue weighted by Crippen LogP contribution is 2.34. The quantitative estimate of drug-likeness (QED) is 0.439. The Labute approximate surface area is 172 Å². The summed E-state index contributed by atoms with van der Waals surface area (Å²) in [6.45, 7) is 0.473. The zero-order valence-corrected chi connectivity index (χ0v) is 15.9. The lowest BCUT2D eigenvalue weighted by Gasteiger charge is -2.18. The minimum atomic E-state index is -4.48. The number of hydrogen-bond acceptors (Lipinski definition) is 3. The van der Waals surface area contributed by atoms with E-state index < -0.39 is 11.7 Å². The number of halogens is 3. The van der Waals surface area contributed by atoms with E-state index >= 15 is 0 Å². The maximum atomic E-state index is 13.2. The van der Waals surface area contributed by atoms with Crippen molar-refractivity contribution >= 4 is 21.9 Å². The summed E-state index contributed by atoms with van der Waals surface area (Å²) in [4.78, 5) is 21.2. The predicted octanol–water partition coefficient (Wildman–Crippen LogP) is 4.31. The second kappa shape index (κ2) is 6.07. The number of aromatic nitrogens is 5. The summed E-state index contributed by atoms with van der Waals surface area (Å²) in [7, 11) is 0. The predicted molar refractivity (Wildman–Crippen MR) is 109 cm³/mol. The van der Waals surface area contributed by atoms with Crippen LogP contribution in [0.3, 0.4) is 0 Å². The van der Waals surface area contributed by atoms with Gasteiger partial charge in [0.15, 0.2) is 11.5 Å². The zero-order chi connectivity index (χ0) is 21.3. The second-order valence-corrected chi connectivity index (χ2v) is 7.51. The van der Waals surface area contributed by atoms with Gasteiger partial charge in [0, 0.05) is 17.4 Å². The largest absolute Gasteiger partial charge is 0.416 e. The number of alkyl halides is 3. The van der Waals surface area contributed by atoms with Crippen LogP contribution in [0.1, 0.15) is 11.1 Å². The number of para-hydroxylation sites is 1. The van der Waals surface area contributed by atoms with Crippen LogP contribution in [0.4, 0.5) is 13.2 Å². The van der Waals surface area contributed by atoms with E-state index in [2.05, 4.69) is 10.1 Å². The number of nitrogens with zero attached hydrogens (tertiary/aromatic N) is 4. The molecule has 31 heavy (non-hydrogen) atoms. The highest BCUT2D eigenvalue weighted by atomic mass is 19.4. The molecule has 1 aliphatic heterocycles. The van der Waals surface area contributed by atoms with Crippen LogP contribution in [0.2, 0.25) is 0 Å². The molecule has 9 heteroatoms. The number of rotatable bonds is 1. The van der Waals surface area contributed by atoms with Crippen LogP contribution >= 0.6 is 0 Å². The molecule has 4 heterocycles. The van der Waals surface area contributed by atoms with Gasteiger partial charge in [-0.3, -0.25) is 9.36 Å². The summed E-state index contributed by atoms with van der Waals surface area (Å²) in [6.07, 6.45) is -2.44. The van der Waals surface area contributed by atoms with Gasteiger partial charge in [-0.25, -0.2) is 9.67 Å². The van der Waals surface area contributed by atoms with Gasteiger partial charge in [0.2, 0.25) is 0 Å². The first kappa shape index (κ1) is 17.9. The number of aryl methyl sites for hydroxylation is 1. The Morgan fingerprint density at radius 1 is 1.03 bits per heavy atom. The van der Waals surface area contributed by atoms with E-state index in [-0.39, 0.29) is 22.3 Å². The lowest BCUT2D eigenvalue weighted by Crippen LogP contribution is -2.27. The highest BCUT2D eigenvalue weighted by Gasteiger charge is 2.31. The van der Waals surface area contributed by atoms with E-state index in [0.717, 1.165) is 34.3 Å². The highest BCUT2D eigenvalue weighted by molar-refractivity contribution is 5.91. The molecule has 0 amide bonds. The van der Waals surface area contributed by atoms with Crippen LogP contribution in [0, 0.1) is 0 Å². The van der Waals surface area contributed by atoms with E-state index in [9.17, 15) is 18.0 Å². The summed E-state index contributed by atoms with van der Waals surface area (Å²) in [5.41, 5.74) is 2.14. The first-order valence-electron chi connectivity index (χ1n) is 9.68. The molecular weight excluding hydrogens is 407 g/mol. The molecule has 154 valence electrons. The molecule has 0 fully saturated rings. The Kier molecular flexibility index (Phi) is 3.51. The molecule has 0 atom stereocenters. The third-order valence-corrected chi connectivity index (χ3v) is 5.73. The van der Waals surface area contributed by atoms with E-state index in [1.165, 1.54) is 23.0 Å². The lowest BCUT2D eigenvalue weighted by molar-refractivity contribution is -0.137. The first-order chi connectivity index (χ1) is 14.9. The van der Waals surface area contributed by atoms with Gasteiger partial charge < -0.3 is 4.98 Å². The van der Waals surface area contributed by atoms with Crippen LogP contribution in [0.25, 0.3) is 39.1 Å². The molecule has 0 aliphatic carbocycles. The van der Waals surface area contributed by atoms with Gasteiger partial charge in [-0.2, -0.15) is 18.3 Å². The Balaban J connectivity index is 1.61. The van der Waals surface area contributed by atoms with Gasteiger partial charge in [0.25, 0.3) is 5.56 Å². The van der Waals surface area contributed by atoms with E-state index in [0.29, 0.717) is 18.8 Å². The fourth-order valence-electron chi connectivity index (χ4n) is 4.28. The van der Waals surface area contributed by atoms with Crippen molar-refractivity contribution in [3.8, 4) is 17.2 Å². The summed E-state index contributed by atoms with van der Waals surface area (Å²) in [5.74, 6) is 0.462. The molecule has 0 unspecified atom stereocenters. The average Bonchev–Trinajstić information content (AvgIpc) is 3.35. The Hall–Kier alpha value is -3.88. The molecule has 5 aromatic rings. The minimum absolute atomic E-state index is 0.189. The zero-order valence-electron chi connectivity index (χ0n) is 15.9. The van der Waals surface area contributed by atoms with E-state index in [4.69, 9.17) is 4.98 Å². The SMILES string of the molecule is O=c1c2cnn(-c3cccc(C(F)(F)F)c3)c2nc2n1CCc1c-2[nH]c2ccccc12. The summed E-state index contributed by atoms with van der Waals surface area (Å²) in [6, 6.07) is 12.7. The number of nitrogens with one attached hydrogen (secondary N) is 1. The molecule has 6 nitrogen and oxygen atoms in total. The molecule has 0 spiro atoms. The van der Waals surface area contributed by atoms with Gasteiger partial charge in [-0.1, -0.05) is 24.3 Å². The molecule has 0 bridgehead atoms. The summed E-state index contributed by atoms with van der Waals surface area (Å²) >= 11 is 0. The minimum Gasteiger partial charge on any atom is -0.352 e. The molecule has 0 radical (unpaired) electrons. The topological polar surface area (TPSA) is 68.5 Å². The monoisotopic (exact) mass is 421 g/mol. The molecule has 0 saturated heterocycles. The molecule has 6 rings (SSSR count). The van der Waals surface area contributed by atoms with E-state index in [1.54, 1.807) is 4.57 Å². The first-order valence-corrected chi connectivity index (χ1v) is 9.68. The smallest absolute Gasteiger partial charge is 0.352 e. The molecule has 1 N–H and O–H groups in total.